The van der Waals surface area contributed by atoms with E-state index in [1.54, 1.807) is 0 Å². The van der Waals surface area contributed by atoms with E-state index in [1.807, 2.05) is 11.0 Å². The second-order valence-electron chi connectivity index (χ2n) is 9.91. The number of carbonyl (C=O) groups excluding carboxylic acids is 1. The normalized spacial score (nSPS) is 24.4. The van der Waals surface area contributed by atoms with E-state index >= 15 is 0 Å². The fourth-order valence-corrected chi connectivity index (χ4v) is 5.60. The Labute approximate surface area is 196 Å². The van der Waals surface area contributed by atoms with Crippen LogP contribution in [0.4, 0.5) is 5.69 Å². The van der Waals surface area contributed by atoms with E-state index in [2.05, 4.69) is 60.0 Å². The molecule has 3 aliphatic rings. The largest absolute Gasteiger partial charge is 0.390 e. The molecule has 0 saturated carbocycles. The van der Waals surface area contributed by atoms with Gasteiger partial charge in [0.1, 0.15) is 0 Å². The number of morpholine rings is 1. The first kappa shape index (κ1) is 22.4. The van der Waals surface area contributed by atoms with Crippen LogP contribution in [0.2, 0.25) is 0 Å². The molecule has 3 heterocycles. The van der Waals surface area contributed by atoms with Gasteiger partial charge < -0.3 is 19.6 Å². The second kappa shape index (κ2) is 9.45. The van der Waals surface area contributed by atoms with Gasteiger partial charge in [0, 0.05) is 57.1 Å². The molecule has 33 heavy (non-hydrogen) atoms. The van der Waals surface area contributed by atoms with Crippen molar-refractivity contribution in [3.05, 3.63) is 64.7 Å². The minimum atomic E-state index is -0.545. The van der Waals surface area contributed by atoms with Gasteiger partial charge in [-0.05, 0) is 61.6 Å². The Morgan fingerprint density at radius 3 is 2.48 bits per heavy atom. The predicted octanol–water partition coefficient (Wildman–Crippen LogP) is 2.72. The maximum absolute atomic E-state index is 13.2. The highest BCUT2D eigenvalue weighted by Gasteiger charge is 2.29. The summed E-state index contributed by atoms with van der Waals surface area (Å²) in [6.07, 6.45) is 1.71. The highest BCUT2D eigenvalue weighted by atomic mass is 16.5. The molecule has 0 radical (unpaired) electrons. The Morgan fingerprint density at radius 1 is 0.970 bits per heavy atom. The first-order valence-corrected chi connectivity index (χ1v) is 12.3. The van der Waals surface area contributed by atoms with Crippen molar-refractivity contribution in [3.63, 3.8) is 0 Å². The molecule has 3 atom stereocenters. The van der Waals surface area contributed by atoms with Crippen LogP contribution in [0.3, 0.4) is 0 Å². The maximum atomic E-state index is 13.2. The van der Waals surface area contributed by atoms with Crippen LogP contribution in [-0.2, 0) is 24.1 Å². The zero-order valence-electron chi connectivity index (χ0n) is 19.7. The van der Waals surface area contributed by atoms with Gasteiger partial charge >= 0.3 is 0 Å². The summed E-state index contributed by atoms with van der Waals surface area (Å²) < 4.78 is 5.86. The molecular weight excluding hydrogens is 414 g/mol. The predicted molar refractivity (Wildman–Crippen MR) is 130 cm³/mol. The molecule has 2 aromatic carbocycles. The summed E-state index contributed by atoms with van der Waals surface area (Å²) in [4.78, 5) is 19.6. The second-order valence-corrected chi connectivity index (χ2v) is 9.91. The minimum absolute atomic E-state index is 0.0366. The smallest absolute Gasteiger partial charge is 0.254 e. The lowest BCUT2D eigenvalue weighted by atomic mass is 9.97. The molecule has 0 spiro atoms. The number of β-amino-alcohol motifs (C(OH)–C–C–N with tert-alkyl or cyclic N) is 1. The number of anilines is 1. The van der Waals surface area contributed by atoms with Crippen LogP contribution < -0.4 is 4.90 Å². The lowest BCUT2D eigenvalue weighted by Crippen LogP contribution is -2.47. The van der Waals surface area contributed by atoms with Crippen molar-refractivity contribution in [3.8, 4) is 0 Å². The summed E-state index contributed by atoms with van der Waals surface area (Å²) in [6, 6.07) is 14.7. The molecule has 2 aromatic rings. The Kier molecular flexibility index (Phi) is 6.41. The molecule has 6 heteroatoms. The number of carbonyl (C=O) groups is 1. The SMILES string of the molecule is CC1CN(c2ccc3c(c2)CCN(CC(O)CN2CCc4ccccc4C2)C3=O)CC(C)O1. The average molecular weight is 450 g/mol. The van der Waals surface area contributed by atoms with E-state index in [4.69, 9.17) is 4.74 Å². The fraction of sp³-hybridized carbons (Fsp3) is 0.519. The van der Waals surface area contributed by atoms with Crippen molar-refractivity contribution in [2.75, 3.05) is 44.2 Å². The minimum Gasteiger partial charge on any atom is -0.390 e. The zero-order chi connectivity index (χ0) is 22.9. The highest BCUT2D eigenvalue weighted by Crippen LogP contribution is 2.27. The van der Waals surface area contributed by atoms with Crippen LogP contribution in [0.15, 0.2) is 42.5 Å². The molecule has 0 aromatic heterocycles. The topological polar surface area (TPSA) is 56.2 Å². The van der Waals surface area contributed by atoms with Crippen LogP contribution in [0.25, 0.3) is 0 Å². The number of aliphatic hydroxyl groups is 1. The van der Waals surface area contributed by atoms with Gasteiger partial charge in [0.25, 0.3) is 5.91 Å². The number of aliphatic hydroxyl groups excluding tert-OH is 1. The van der Waals surface area contributed by atoms with Crippen molar-refractivity contribution in [2.45, 2.75) is 51.5 Å². The molecule has 6 nitrogen and oxygen atoms in total. The molecule has 5 rings (SSSR count). The van der Waals surface area contributed by atoms with E-state index in [-0.39, 0.29) is 18.1 Å². The van der Waals surface area contributed by atoms with Crippen molar-refractivity contribution >= 4 is 11.6 Å². The van der Waals surface area contributed by atoms with E-state index in [1.165, 1.54) is 16.8 Å². The number of fused-ring (bicyclic) bond motifs is 2. The third-order valence-corrected chi connectivity index (χ3v) is 7.15. The Morgan fingerprint density at radius 2 is 1.70 bits per heavy atom. The number of benzene rings is 2. The molecule has 176 valence electrons. The van der Waals surface area contributed by atoms with E-state index < -0.39 is 6.10 Å². The highest BCUT2D eigenvalue weighted by molar-refractivity contribution is 5.97. The molecule has 1 fully saturated rings. The zero-order valence-corrected chi connectivity index (χ0v) is 19.7. The van der Waals surface area contributed by atoms with E-state index in [0.29, 0.717) is 19.6 Å². The lowest BCUT2D eigenvalue weighted by molar-refractivity contribution is -0.00523. The van der Waals surface area contributed by atoms with Crippen LogP contribution in [0, 0.1) is 0 Å². The van der Waals surface area contributed by atoms with Gasteiger partial charge in [-0.3, -0.25) is 9.69 Å². The van der Waals surface area contributed by atoms with Crippen molar-refractivity contribution in [1.82, 2.24) is 9.80 Å². The van der Waals surface area contributed by atoms with Gasteiger partial charge in [-0.2, -0.15) is 0 Å². The summed E-state index contributed by atoms with van der Waals surface area (Å²) in [7, 11) is 0. The first-order chi connectivity index (χ1) is 16.0. The summed E-state index contributed by atoms with van der Waals surface area (Å²) in [5.74, 6) is 0.0366. The summed E-state index contributed by atoms with van der Waals surface area (Å²) in [5, 5.41) is 10.8. The van der Waals surface area contributed by atoms with Crippen LogP contribution >= 0.6 is 0 Å². The van der Waals surface area contributed by atoms with Crippen molar-refractivity contribution in [1.29, 1.82) is 0 Å². The van der Waals surface area contributed by atoms with Crippen LogP contribution in [-0.4, -0.2) is 78.4 Å². The maximum Gasteiger partial charge on any atom is 0.254 e. The third-order valence-electron chi connectivity index (χ3n) is 7.15. The molecule has 1 N–H and O–H groups in total. The Bertz CT molecular complexity index is 1000. The van der Waals surface area contributed by atoms with E-state index in [9.17, 15) is 9.90 Å². The van der Waals surface area contributed by atoms with Crippen molar-refractivity contribution in [2.24, 2.45) is 0 Å². The molecule has 1 amide bonds. The van der Waals surface area contributed by atoms with Gasteiger partial charge in [0.2, 0.25) is 0 Å². The molecule has 3 aliphatic heterocycles. The van der Waals surface area contributed by atoms with Gasteiger partial charge in [0.15, 0.2) is 0 Å². The summed E-state index contributed by atoms with van der Waals surface area (Å²) >= 11 is 0. The van der Waals surface area contributed by atoms with Crippen molar-refractivity contribution < 1.29 is 14.6 Å². The number of amides is 1. The quantitative estimate of drug-likeness (QED) is 0.761. The average Bonchev–Trinajstić information content (AvgIpc) is 2.80. The van der Waals surface area contributed by atoms with Crippen LogP contribution in [0.5, 0.6) is 0 Å². The standard InChI is InChI=1S/C27H35N3O3/c1-19-14-30(15-20(2)33-19)24-7-8-26-22(13-24)10-12-29(27(26)32)18-25(31)17-28-11-9-21-5-3-4-6-23(21)16-28/h3-8,13,19-20,25,31H,9-12,14-18H2,1-2H3. The van der Waals surface area contributed by atoms with Gasteiger partial charge in [0.05, 0.1) is 18.3 Å². The van der Waals surface area contributed by atoms with Gasteiger partial charge in [-0.25, -0.2) is 0 Å². The number of ether oxygens (including phenoxy) is 1. The molecule has 3 unspecified atom stereocenters. The Balaban J connectivity index is 1.20. The van der Waals surface area contributed by atoms with Gasteiger partial charge in [-0.15, -0.1) is 0 Å². The number of hydrogen-bond acceptors (Lipinski definition) is 5. The lowest BCUT2D eigenvalue weighted by Gasteiger charge is -2.38. The monoisotopic (exact) mass is 449 g/mol. The molecule has 1 saturated heterocycles. The summed E-state index contributed by atoms with van der Waals surface area (Å²) in [5.41, 5.74) is 5.81. The molecule has 0 bridgehead atoms. The third kappa shape index (κ3) is 4.93. The van der Waals surface area contributed by atoms with E-state index in [0.717, 1.165) is 50.1 Å². The number of nitrogens with zero attached hydrogens (tertiary/aromatic N) is 3. The number of hydrogen-bond donors (Lipinski definition) is 1. The van der Waals surface area contributed by atoms with Crippen LogP contribution in [0.1, 0.15) is 40.9 Å². The fourth-order valence-electron chi connectivity index (χ4n) is 5.60. The van der Waals surface area contributed by atoms with Gasteiger partial charge in [-0.1, -0.05) is 24.3 Å². The molecular formula is C27H35N3O3. The number of rotatable bonds is 5. The molecule has 0 aliphatic carbocycles. The Hall–Kier alpha value is -2.41. The summed E-state index contributed by atoms with van der Waals surface area (Å²) in [6.45, 7) is 9.41. The first-order valence-electron chi connectivity index (χ1n) is 12.3.